The molecule has 0 N–H and O–H groups in total. The van der Waals surface area contributed by atoms with Crippen molar-refractivity contribution < 1.29 is 4.92 Å². The highest BCUT2D eigenvalue weighted by Gasteiger charge is 2.21. The minimum absolute atomic E-state index is 0.0137. The fourth-order valence-corrected chi connectivity index (χ4v) is 2.45. The number of rotatable bonds is 5. The van der Waals surface area contributed by atoms with Gasteiger partial charge in [0.2, 0.25) is 5.82 Å². The van der Waals surface area contributed by atoms with Gasteiger partial charge in [0.15, 0.2) is 0 Å². The monoisotopic (exact) mass is 349 g/mol. The number of hydrogen-bond donors (Lipinski definition) is 0. The topological polar surface area (TPSA) is 59.3 Å². The van der Waals surface area contributed by atoms with Crippen LogP contribution >= 0.6 is 15.9 Å². The number of hydrogen-bond acceptors (Lipinski definition) is 4. The van der Waals surface area contributed by atoms with Crippen molar-refractivity contribution in [2.45, 2.75) is 20.4 Å². The van der Waals surface area contributed by atoms with Gasteiger partial charge in [0, 0.05) is 29.8 Å². The molecule has 0 bridgehead atoms. The highest BCUT2D eigenvalue weighted by Crippen LogP contribution is 2.29. The summed E-state index contributed by atoms with van der Waals surface area (Å²) in [6.45, 7) is 5.24. The first-order chi connectivity index (χ1) is 10.0. The van der Waals surface area contributed by atoms with Crippen LogP contribution in [-0.4, -0.2) is 16.5 Å². The van der Waals surface area contributed by atoms with Gasteiger partial charge in [-0.1, -0.05) is 24.3 Å². The molecule has 1 aromatic heterocycles. The molecular formula is C15H16BrN3O2. The molecule has 0 radical (unpaired) electrons. The number of anilines is 1. The van der Waals surface area contributed by atoms with E-state index in [0.29, 0.717) is 23.4 Å². The Kier molecular flexibility index (Phi) is 4.90. The molecule has 0 atom stereocenters. The molecule has 0 unspecified atom stereocenters. The van der Waals surface area contributed by atoms with E-state index in [2.05, 4.69) is 20.9 Å². The van der Waals surface area contributed by atoms with E-state index in [0.717, 1.165) is 11.1 Å². The first kappa shape index (κ1) is 15.4. The lowest BCUT2D eigenvalue weighted by molar-refractivity contribution is -0.384. The van der Waals surface area contributed by atoms with E-state index in [1.807, 2.05) is 43.0 Å². The second-order valence-corrected chi connectivity index (χ2v) is 5.61. The quantitative estimate of drug-likeness (QED) is 0.602. The van der Waals surface area contributed by atoms with E-state index < -0.39 is 4.92 Å². The molecule has 1 heterocycles. The van der Waals surface area contributed by atoms with Gasteiger partial charge in [-0.15, -0.1) is 0 Å². The molecule has 1 aromatic carbocycles. The lowest BCUT2D eigenvalue weighted by Crippen LogP contribution is -2.24. The molecule has 2 rings (SSSR count). The predicted molar refractivity (Wildman–Crippen MR) is 86.5 cm³/mol. The molecule has 0 saturated carbocycles. The van der Waals surface area contributed by atoms with Gasteiger partial charge >= 0.3 is 5.69 Å². The van der Waals surface area contributed by atoms with Crippen LogP contribution in [0, 0.1) is 17.0 Å². The van der Waals surface area contributed by atoms with Gasteiger partial charge < -0.3 is 4.90 Å². The third kappa shape index (κ3) is 3.58. The Morgan fingerprint density at radius 3 is 2.71 bits per heavy atom. The Balaban J connectivity index is 2.38. The molecule has 0 spiro atoms. The molecule has 0 aliphatic carbocycles. The van der Waals surface area contributed by atoms with Crippen LogP contribution in [0.5, 0.6) is 0 Å². The van der Waals surface area contributed by atoms with Gasteiger partial charge in [0.25, 0.3) is 0 Å². The van der Waals surface area contributed by atoms with Gasteiger partial charge in [-0.25, -0.2) is 4.98 Å². The van der Waals surface area contributed by atoms with E-state index in [9.17, 15) is 10.1 Å². The van der Waals surface area contributed by atoms with Crippen molar-refractivity contribution in [2.24, 2.45) is 0 Å². The zero-order valence-electron chi connectivity index (χ0n) is 11.9. The SMILES string of the molecule is CCN(Cc1ccccc1C)c1ncc(Br)cc1[N+](=O)[O-]. The second kappa shape index (κ2) is 6.67. The zero-order valence-corrected chi connectivity index (χ0v) is 13.5. The Morgan fingerprint density at radius 1 is 1.38 bits per heavy atom. The number of nitro groups is 1. The summed E-state index contributed by atoms with van der Waals surface area (Å²) in [5, 5.41) is 11.2. The first-order valence-electron chi connectivity index (χ1n) is 6.62. The summed E-state index contributed by atoms with van der Waals surface area (Å²) >= 11 is 3.23. The molecular weight excluding hydrogens is 334 g/mol. The average Bonchev–Trinajstić information content (AvgIpc) is 2.46. The van der Waals surface area contributed by atoms with Crippen molar-refractivity contribution in [3.8, 4) is 0 Å². The number of aryl methyl sites for hydroxylation is 1. The van der Waals surface area contributed by atoms with Gasteiger partial charge in [-0.3, -0.25) is 10.1 Å². The smallest absolute Gasteiger partial charge is 0.312 e. The van der Waals surface area contributed by atoms with Crippen LogP contribution in [0.2, 0.25) is 0 Å². The first-order valence-corrected chi connectivity index (χ1v) is 7.41. The highest BCUT2D eigenvalue weighted by atomic mass is 79.9. The van der Waals surface area contributed by atoms with Crippen LogP contribution in [-0.2, 0) is 6.54 Å². The molecule has 0 saturated heterocycles. The molecule has 0 aliphatic rings. The van der Waals surface area contributed by atoms with Gasteiger partial charge in [0.05, 0.1) is 4.92 Å². The Bertz CT molecular complexity index is 661. The van der Waals surface area contributed by atoms with Crippen LogP contribution in [0.4, 0.5) is 11.5 Å². The molecule has 21 heavy (non-hydrogen) atoms. The number of nitrogens with zero attached hydrogens (tertiary/aromatic N) is 3. The molecule has 0 amide bonds. The van der Waals surface area contributed by atoms with E-state index >= 15 is 0 Å². The van der Waals surface area contributed by atoms with Crippen molar-refractivity contribution in [2.75, 3.05) is 11.4 Å². The van der Waals surface area contributed by atoms with E-state index in [1.165, 1.54) is 6.07 Å². The molecule has 0 aliphatic heterocycles. The summed E-state index contributed by atoms with van der Waals surface area (Å²) in [6.07, 6.45) is 1.59. The Labute approximate surface area is 131 Å². The normalized spacial score (nSPS) is 10.4. The number of aromatic nitrogens is 1. The second-order valence-electron chi connectivity index (χ2n) is 4.69. The van der Waals surface area contributed by atoms with Crippen LogP contribution < -0.4 is 4.90 Å². The van der Waals surface area contributed by atoms with Crippen LogP contribution in [0.1, 0.15) is 18.1 Å². The summed E-state index contributed by atoms with van der Waals surface area (Å²) in [6, 6.07) is 9.51. The molecule has 110 valence electrons. The number of pyridine rings is 1. The third-order valence-electron chi connectivity index (χ3n) is 3.31. The van der Waals surface area contributed by atoms with E-state index in [-0.39, 0.29) is 5.69 Å². The van der Waals surface area contributed by atoms with Crippen molar-refractivity contribution in [1.82, 2.24) is 4.98 Å². The maximum Gasteiger partial charge on any atom is 0.312 e. The lowest BCUT2D eigenvalue weighted by atomic mass is 10.1. The maximum absolute atomic E-state index is 11.2. The highest BCUT2D eigenvalue weighted by molar-refractivity contribution is 9.10. The number of halogens is 1. The van der Waals surface area contributed by atoms with E-state index in [4.69, 9.17) is 0 Å². The maximum atomic E-state index is 11.2. The Morgan fingerprint density at radius 2 is 2.10 bits per heavy atom. The Hall–Kier alpha value is -1.95. The van der Waals surface area contributed by atoms with Crippen molar-refractivity contribution in [1.29, 1.82) is 0 Å². The number of benzene rings is 1. The molecule has 0 fully saturated rings. The van der Waals surface area contributed by atoms with Gasteiger partial charge in [-0.05, 0) is 40.9 Å². The van der Waals surface area contributed by atoms with Crippen molar-refractivity contribution >= 4 is 27.4 Å². The third-order valence-corrected chi connectivity index (χ3v) is 3.75. The van der Waals surface area contributed by atoms with Crippen molar-refractivity contribution in [3.05, 3.63) is 62.2 Å². The van der Waals surface area contributed by atoms with Crippen LogP contribution in [0.3, 0.4) is 0 Å². The zero-order chi connectivity index (χ0) is 15.4. The van der Waals surface area contributed by atoms with Gasteiger partial charge in [0.1, 0.15) is 0 Å². The summed E-state index contributed by atoms with van der Waals surface area (Å²) < 4.78 is 0.602. The fraction of sp³-hybridized carbons (Fsp3) is 0.267. The largest absolute Gasteiger partial charge is 0.347 e. The van der Waals surface area contributed by atoms with Crippen LogP contribution in [0.25, 0.3) is 0 Å². The summed E-state index contributed by atoms with van der Waals surface area (Å²) in [4.78, 5) is 17.0. The lowest BCUT2D eigenvalue weighted by Gasteiger charge is -2.22. The summed E-state index contributed by atoms with van der Waals surface area (Å²) in [5.74, 6) is 0.397. The minimum Gasteiger partial charge on any atom is -0.347 e. The minimum atomic E-state index is -0.395. The van der Waals surface area contributed by atoms with E-state index in [1.54, 1.807) is 6.20 Å². The molecule has 5 nitrogen and oxygen atoms in total. The standard InChI is InChI=1S/C15H16BrN3O2/c1-3-18(10-12-7-5-4-6-11(12)2)15-14(19(20)21)8-13(16)9-17-15/h4-9H,3,10H2,1-2H3. The van der Waals surface area contributed by atoms with Crippen LogP contribution in [0.15, 0.2) is 41.0 Å². The molecule has 6 heteroatoms. The van der Waals surface area contributed by atoms with Gasteiger partial charge in [-0.2, -0.15) is 0 Å². The average molecular weight is 350 g/mol. The predicted octanol–water partition coefficient (Wildman–Crippen LogP) is 4.09. The summed E-state index contributed by atoms with van der Waals surface area (Å²) in [7, 11) is 0. The molecule has 2 aromatic rings. The summed E-state index contributed by atoms with van der Waals surface area (Å²) in [5.41, 5.74) is 2.31. The fourth-order valence-electron chi connectivity index (χ4n) is 2.13. The van der Waals surface area contributed by atoms with Crippen molar-refractivity contribution in [3.63, 3.8) is 0 Å².